The van der Waals surface area contributed by atoms with Crippen LogP contribution in [0.15, 0.2) is 54.6 Å². The molecule has 3 aromatic rings. The summed E-state index contributed by atoms with van der Waals surface area (Å²) >= 11 is 0. The average Bonchev–Trinajstić information content (AvgIpc) is 2.43. The Morgan fingerprint density at radius 1 is 0.250 bits per heavy atom. The molecule has 0 aliphatic carbocycles. The Hall–Kier alpha value is -2.44. The Labute approximate surface area is 164 Å². The molecule has 0 aliphatic heterocycles. The van der Waals surface area contributed by atoms with E-state index >= 15 is 0 Å². The molecule has 0 N–H and O–H groups in total. The lowest BCUT2D eigenvalue weighted by Gasteiger charge is -1.88. The molecule has 0 atom stereocenters. The molecule has 0 nitrogen and oxygen atoms in total. The van der Waals surface area contributed by atoms with Crippen LogP contribution in [0.3, 0.4) is 0 Å². The molecule has 3 aromatic carbocycles. The maximum Gasteiger partial charge on any atom is 0.129 e. The first-order valence-corrected chi connectivity index (χ1v) is 6.90. The highest BCUT2D eigenvalue weighted by Gasteiger charge is 1.98. The number of halogens is 9. The van der Waals surface area contributed by atoms with Crippen LogP contribution in [-0.2, 0) is 0 Å². The van der Waals surface area contributed by atoms with Gasteiger partial charge in [0.2, 0.25) is 0 Å². The molecule has 0 aliphatic rings. The van der Waals surface area contributed by atoms with Gasteiger partial charge in [-0.2, -0.15) is 0 Å². The zero-order chi connectivity index (χ0) is 20.6. The third-order valence-electron chi connectivity index (χ3n) is 2.48. The molecule has 0 unspecified atom stereocenters. The van der Waals surface area contributed by atoms with E-state index in [-0.39, 0.29) is 17.4 Å². The monoisotopic (exact) mass is 423 g/mol. The summed E-state index contributed by atoms with van der Waals surface area (Å²) in [5.74, 6) is -8.06. The third kappa shape index (κ3) is 10.6. The smallest absolute Gasteiger partial charge is 0.129 e. The van der Waals surface area contributed by atoms with E-state index in [0.717, 1.165) is 0 Å². The Morgan fingerprint density at radius 3 is 0.393 bits per heavy atom. The summed E-state index contributed by atoms with van der Waals surface area (Å²) in [7, 11) is 0. The number of rotatable bonds is 0. The van der Waals surface area contributed by atoms with Crippen molar-refractivity contribution in [3.8, 4) is 0 Å². The first-order valence-electron chi connectivity index (χ1n) is 6.90. The van der Waals surface area contributed by atoms with E-state index in [4.69, 9.17) is 0 Å². The normalized spacial score (nSPS) is 9.32. The molecule has 0 saturated heterocycles. The molecule has 28 heavy (non-hydrogen) atoms. The minimum Gasteiger partial charge on any atom is -0.207 e. The van der Waals surface area contributed by atoms with Gasteiger partial charge in [0, 0.05) is 72.0 Å². The Balaban J connectivity index is 0.000000384. The lowest BCUT2D eigenvalue weighted by Crippen LogP contribution is -1.81. The van der Waals surface area contributed by atoms with Crippen LogP contribution in [0, 0.1) is 52.4 Å². The van der Waals surface area contributed by atoms with Crippen LogP contribution in [0.1, 0.15) is 0 Å². The predicted octanol–water partition coefficient (Wildman–Crippen LogP) is 5.93. The summed E-state index contributed by atoms with van der Waals surface area (Å²) in [6.07, 6.45) is 0. The second-order valence-corrected chi connectivity index (χ2v) is 4.76. The summed E-state index contributed by atoms with van der Waals surface area (Å²) in [5.41, 5.74) is 0. The van der Waals surface area contributed by atoms with Crippen molar-refractivity contribution in [2.75, 3.05) is 0 Å². The quantitative estimate of drug-likeness (QED) is 0.311. The van der Waals surface area contributed by atoms with Gasteiger partial charge >= 0.3 is 0 Å². The van der Waals surface area contributed by atoms with Crippen molar-refractivity contribution >= 4 is 17.4 Å². The summed E-state index contributed by atoms with van der Waals surface area (Å²) in [5, 5.41) is 0. The summed E-state index contributed by atoms with van der Waals surface area (Å²) in [6.45, 7) is 0. The third-order valence-corrected chi connectivity index (χ3v) is 2.48. The molecule has 3 radical (unpaired) electrons. The van der Waals surface area contributed by atoms with Gasteiger partial charge in [-0.1, -0.05) is 0 Å². The number of hydrogen-bond acceptors (Lipinski definition) is 0. The van der Waals surface area contributed by atoms with Crippen LogP contribution < -0.4 is 0 Å². The molecule has 3 rings (SSSR count). The highest BCUT2D eigenvalue weighted by Crippen LogP contribution is 2.06. The van der Waals surface area contributed by atoms with E-state index in [2.05, 4.69) is 0 Å². The van der Waals surface area contributed by atoms with Crippen molar-refractivity contribution in [3.63, 3.8) is 0 Å². The first kappa shape index (κ1) is 25.6. The standard InChI is InChI=1S/3C6H3F3.Al/c3*7-4-1-5(8)3-6(9)2-4;/h3*1-3H;. The fraction of sp³-hybridized carbons (Fsp3) is 0. The first-order chi connectivity index (χ1) is 12.5. The number of benzene rings is 3. The van der Waals surface area contributed by atoms with Gasteiger partial charge in [-0.15, -0.1) is 0 Å². The lowest BCUT2D eigenvalue weighted by molar-refractivity contribution is 0.542. The predicted molar refractivity (Wildman–Crippen MR) is 84.7 cm³/mol. The highest BCUT2D eigenvalue weighted by molar-refractivity contribution is 5.75. The second-order valence-electron chi connectivity index (χ2n) is 4.76. The molecular weight excluding hydrogens is 414 g/mol. The maximum absolute atomic E-state index is 11.9. The Morgan fingerprint density at radius 2 is 0.321 bits per heavy atom. The molecule has 0 fully saturated rings. The lowest BCUT2D eigenvalue weighted by atomic mass is 10.3. The molecule has 10 heteroatoms. The second kappa shape index (κ2) is 12.1. The summed E-state index contributed by atoms with van der Waals surface area (Å²) in [6, 6.07) is 5.53. The van der Waals surface area contributed by atoms with Crippen molar-refractivity contribution < 1.29 is 39.5 Å². The zero-order valence-corrected chi connectivity index (χ0v) is 14.8. The largest absolute Gasteiger partial charge is 0.207 e. The molecule has 147 valence electrons. The highest BCUT2D eigenvalue weighted by atomic mass is 27.0. The molecule has 0 saturated carbocycles. The van der Waals surface area contributed by atoms with Crippen molar-refractivity contribution in [1.29, 1.82) is 0 Å². The molecule has 0 amide bonds. The van der Waals surface area contributed by atoms with Gasteiger partial charge in [-0.25, -0.2) is 39.5 Å². The fourth-order valence-corrected chi connectivity index (χ4v) is 1.56. The average molecular weight is 423 g/mol. The van der Waals surface area contributed by atoms with Crippen molar-refractivity contribution in [2.24, 2.45) is 0 Å². The van der Waals surface area contributed by atoms with Crippen LogP contribution in [0.2, 0.25) is 0 Å². The SMILES string of the molecule is Fc1cc(F)cc(F)c1.Fc1cc(F)cc(F)c1.Fc1cc(F)cc(F)c1.[Al]. The number of hydrogen-bond donors (Lipinski definition) is 0. The Kier molecular flexibility index (Phi) is 11.1. The minimum atomic E-state index is -0.896. The molecule has 0 spiro atoms. The van der Waals surface area contributed by atoms with Crippen molar-refractivity contribution in [1.82, 2.24) is 0 Å². The van der Waals surface area contributed by atoms with Gasteiger partial charge in [-0.3, -0.25) is 0 Å². The van der Waals surface area contributed by atoms with Gasteiger partial charge < -0.3 is 0 Å². The van der Waals surface area contributed by atoms with Gasteiger partial charge in [0.1, 0.15) is 52.4 Å². The summed E-state index contributed by atoms with van der Waals surface area (Å²) < 4.78 is 108. The van der Waals surface area contributed by atoms with Gasteiger partial charge in [-0.05, 0) is 0 Å². The van der Waals surface area contributed by atoms with Crippen molar-refractivity contribution in [3.05, 3.63) is 107 Å². The Bertz CT molecular complexity index is 631. The van der Waals surface area contributed by atoms with Gasteiger partial charge in [0.05, 0.1) is 0 Å². The van der Waals surface area contributed by atoms with E-state index in [9.17, 15) is 39.5 Å². The van der Waals surface area contributed by atoms with Crippen LogP contribution >= 0.6 is 0 Å². The van der Waals surface area contributed by atoms with E-state index in [1.54, 1.807) is 0 Å². The fourth-order valence-electron chi connectivity index (χ4n) is 1.56. The van der Waals surface area contributed by atoms with E-state index in [0.29, 0.717) is 54.6 Å². The molecule has 0 aromatic heterocycles. The van der Waals surface area contributed by atoms with E-state index < -0.39 is 52.4 Å². The maximum atomic E-state index is 11.9. The molecule has 0 heterocycles. The molecular formula is C18H9AlF9. The van der Waals surface area contributed by atoms with Gasteiger partial charge in [0.15, 0.2) is 0 Å². The van der Waals surface area contributed by atoms with Gasteiger partial charge in [0.25, 0.3) is 0 Å². The van der Waals surface area contributed by atoms with Crippen molar-refractivity contribution in [2.45, 2.75) is 0 Å². The minimum absolute atomic E-state index is 0. The summed E-state index contributed by atoms with van der Waals surface area (Å²) in [4.78, 5) is 0. The molecule has 0 bridgehead atoms. The van der Waals surface area contributed by atoms with E-state index in [1.165, 1.54) is 0 Å². The van der Waals surface area contributed by atoms with Crippen LogP contribution in [0.4, 0.5) is 39.5 Å². The zero-order valence-electron chi connectivity index (χ0n) is 13.7. The van der Waals surface area contributed by atoms with E-state index in [1.807, 2.05) is 0 Å². The topological polar surface area (TPSA) is 0 Å². The van der Waals surface area contributed by atoms with Crippen LogP contribution in [-0.4, -0.2) is 17.4 Å². The van der Waals surface area contributed by atoms with Crippen LogP contribution in [0.25, 0.3) is 0 Å². The van der Waals surface area contributed by atoms with Crippen LogP contribution in [0.5, 0.6) is 0 Å².